The number of hydrogen-bond donors (Lipinski definition) is 0. The molecule has 0 saturated heterocycles. The predicted molar refractivity (Wildman–Crippen MR) is 41.1 cm³/mol. The zero-order valence-corrected chi connectivity index (χ0v) is 6.85. The van der Waals surface area contributed by atoms with Gasteiger partial charge in [-0.2, -0.15) is 0 Å². The van der Waals surface area contributed by atoms with Crippen molar-refractivity contribution < 1.29 is 14.5 Å². The Hall–Kier alpha value is -1.65. The van der Waals surface area contributed by atoms with Gasteiger partial charge in [-0.15, -0.1) is 0 Å². The smallest absolute Gasteiger partial charge is 0.376 e. The molecule has 0 aliphatic carbocycles. The first-order valence-electron chi connectivity index (χ1n) is 3.29. The third-order valence-electron chi connectivity index (χ3n) is 1.34. The first-order chi connectivity index (χ1) is 5.79. The quantitative estimate of drug-likeness (QED) is 0.635. The Bertz CT molecular complexity index is 288. The van der Waals surface area contributed by atoms with Crippen LogP contribution in [0.4, 0.5) is 5.69 Å². The highest BCUT2D eigenvalue weighted by Gasteiger charge is 2.20. The number of pyridine rings is 1. The second kappa shape index (κ2) is 3.66. The maximum absolute atomic E-state index is 11.0. The Kier molecular flexibility index (Phi) is 2.57. The van der Waals surface area contributed by atoms with Crippen molar-refractivity contribution in [2.75, 3.05) is 14.2 Å². The lowest BCUT2D eigenvalue weighted by Crippen LogP contribution is -2.00. The molecule has 1 aromatic rings. The maximum atomic E-state index is 11.0. The molecule has 1 rings (SSSR count). The summed E-state index contributed by atoms with van der Waals surface area (Å²) in [6.45, 7) is 0. The minimum atomic E-state index is 0.252. The lowest BCUT2D eigenvalue weighted by Gasteiger charge is -1.96. The van der Waals surface area contributed by atoms with Gasteiger partial charge in [-0.1, -0.05) is 0 Å². The molecular weight excluding hydrogens is 160 g/mol. The molecule has 0 atom stereocenters. The van der Waals surface area contributed by atoms with Crippen molar-refractivity contribution >= 4 is 5.69 Å². The van der Waals surface area contributed by atoms with Crippen molar-refractivity contribution in [2.24, 2.45) is 0 Å². The maximum Gasteiger partial charge on any atom is 0.376 e. The molecule has 0 amide bonds. The molecule has 0 aliphatic rings. The van der Waals surface area contributed by atoms with Gasteiger partial charge in [0.2, 0.25) is 5.75 Å². The van der Waals surface area contributed by atoms with E-state index in [1.54, 1.807) is 6.07 Å². The molecule has 0 unspecified atom stereocenters. The number of rotatable bonds is 3. The van der Waals surface area contributed by atoms with Crippen molar-refractivity contribution in [2.45, 2.75) is 0 Å². The van der Waals surface area contributed by atoms with Gasteiger partial charge in [-0.05, 0) is 0 Å². The number of aromatic nitrogens is 1. The summed E-state index contributed by atoms with van der Waals surface area (Å²) in [5.41, 5.74) is 0.252. The van der Waals surface area contributed by atoms with Gasteiger partial charge >= 0.3 is 5.69 Å². The van der Waals surface area contributed by atoms with Crippen LogP contribution in [0.15, 0.2) is 18.5 Å². The highest BCUT2D eigenvalue weighted by molar-refractivity contribution is 5.42. The van der Waals surface area contributed by atoms with Gasteiger partial charge in [0.1, 0.15) is 6.20 Å². The molecule has 0 N–H and O–H groups in total. The van der Waals surface area contributed by atoms with E-state index in [9.17, 15) is 4.91 Å². The summed E-state index contributed by atoms with van der Waals surface area (Å²) >= 11 is 0. The van der Waals surface area contributed by atoms with Gasteiger partial charge in [0, 0.05) is 12.3 Å². The van der Waals surface area contributed by atoms with E-state index in [4.69, 9.17) is 4.74 Å². The SMILES string of the molecule is COc1ccncc1[N+](=O)OC. The van der Waals surface area contributed by atoms with E-state index in [2.05, 4.69) is 9.82 Å². The van der Waals surface area contributed by atoms with E-state index in [1.807, 2.05) is 0 Å². The van der Waals surface area contributed by atoms with Gasteiger partial charge in [0.15, 0.2) is 7.11 Å². The van der Waals surface area contributed by atoms with Crippen molar-refractivity contribution in [1.82, 2.24) is 4.98 Å². The van der Waals surface area contributed by atoms with Crippen LogP contribution < -0.4 is 4.74 Å². The van der Waals surface area contributed by atoms with Gasteiger partial charge in [0.25, 0.3) is 4.92 Å². The summed E-state index contributed by atoms with van der Waals surface area (Å²) in [5, 5.41) is 0. The predicted octanol–water partition coefficient (Wildman–Crippen LogP) is 1.06. The average Bonchev–Trinajstić information content (AvgIpc) is 2.16. The van der Waals surface area contributed by atoms with Crippen molar-refractivity contribution in [3.05, 3.63) is 23.4 Å². The zero-order valence-electron chi connectivity index (χ0n) is 6.85. The fraction of sp³-hybridized carbons (Fsp3) is 0.286. The lowest BCUT2D eigenvalue weighted by atomic mass is 10.4. The molecule has 0 saturated carbocycles. The first kappa shape index (κ1) is 8.45. The van der Waals surface area contributed by atoms with Gasteiger partial charge < -0.3 is 4.74 Å². The van der Waals surface area contributed by atoms with E-state index in [-0.39, 0.29) is 5.69 Å². The molecule has 1 aromatic heterocycles. The van der Waals surface area contributed by atoms with E-state index in [0.717, 1.165) is 0 Å². The molecule has 1 heterocycles. The summed E-state index contributed by atoms with van der Waals surface area (Å²) < 4.78 is 4.91. The van der Waals surface area contributed by atoms with Crippen LogP contribution in [0.25, 0.3) is 0 Å². The molecule has 0 aromatic carbocycles. The monoisotopic (exact) mass is 169 g/mol. The molecule has 0 bridgehead atoms. The fourth-order valence-electron chi connectivity index (χ4n) is 0.781. The van der Waals surface area contributed by atoms with Crippen LogP contribution in [-0.4, -0.2) is 24.1 Å². The second-order valence-corrected chi connectivity index (χ2v) is 1.99. The van der Waals surface area contributed by atoms with Crippen LogP contribution in [-0.2, 0) is 4.84 Å². The van der Waals surface area contributed by atoms with Crippen LogP contribution >= 0.6 is 0 Å². The summed E-state index contributed by atoms with van der Waals surface area (Å²) in [5.74, 6) is 0.432. The highest BCUT2D eigenvalue weighted by atomic mass is 16.8. The Morgan fingerprint density at radius 1 is 1.50 bits per heavy atom. The van der Waals surface area contributed by atoms with Crippen LogP contribution in [0, 0.1) is 4.91 Å². The third kappa shape index (κ3) is 1.50. The lowest BCUT2D eigenvalue weighted by molar-refractivity contribution is -0.737. The molecular formula is C7H9N2O3+. The van der Waals surface area contributed by atoms with Gasteiger partial charge in [-0.3, -0.25) is 4.98 Å². The molecule has 0 radical (unpaired) electrons. The molecule has 0 spiro atoms. The second-order valence-electron chi connectivity index (χ2n) is 1.99. The van der Waals surface area contributed by atoms with Crippen LogP contribution in [0.3, 0.4) is 0 Å². The van der Waals surface area contributed by atoms with Crippen LogP contribution in [0.1, 0.15) is 0 Å². The Labute approximate surface area is 69.5 Å². The Morgan fingerprint density at radius 3 is 2.83 bits per heavy atom. The minimum Gasteiger partial charge on any atom is -0.490 e. The third-order valence-corrected chi connectivity index (χ3v) is 1.34. The van der Waals surface area contributed by atoms with Gasteiger partial charge in [0.05, 0.1) is 12.0 Å². The highest BCUT2D eigenvalue weighted by Crippen LogP contribution is 2.24. The topological polar surface area (TPSA) is 51.4 Å². The molecule has 64 valence electrons. The number of nitrogens with zero attached hydrogens (tertiary/aromatic N) is 2. The fourth-order valence-corrected chi connectivity index (χ4v) is 0.781. The first-order valence-corrected chi connectivity index (χ1v) is 3.29. The Balaban J connectivity index is 3.04. The van der Waals surface area contributed by atoms with E-state index >= 15 is 0 Å². The molecule has 5 heteroatoms. The Morgan fingerprint density at radius 2 is 2.25 bits per heavy atom. The van der Waals surface area contributed by atoms with Crippen molar-refractivity contribution in [1.29, 1.82) is 0 Å². The molecule has 5 nitrogen and oxygen atoms in total. The number of hydrogen-bond acceptors (Lipinski definition) is 4. The van der Waals surface area contributed by atoms with Crippen molar-refractivity contribution in [3.63, 3.8) is 0 Å². The zero-order chi connectivity index (χ0) is 8.97. The normalized spacial score (nSPS) is 9.17. The number of methoxy groups -OCH3 is 1. The molecule has 12 heavy (non-hydrogen) atoms. The van der Waals surface area contributed by atoms with Crippen LogP contribution in [0.5, 0.6) is 5.75 Å². The summed E-state index contributed by atoms with van der Waals surface area (Å²) in [4.78, 5) is 19.5. The summed E-state index contributed by atoms with van der Waals surface area (Å²) in [6.07, 6.45) is 2.90. The largest absolute Gasteiger partial charge is 0.490 e. The number of ether oxygens (including phenoxy) is 1. The minimum absolute atomic E-state index is 0.252. The van der Waals surface area contributed by atoms with Gasteiger partial charge in [-0.25, -0.2) is 4.84 Å². The summed E-state index contributed by atoms with van der Waals surface area (Å²) in [6, 6.07) is 1.58. The average molecular weight is 169 g/mol. The van der Waals surface area contributed by atoms with Crippen LogP contribution in [0.2, 0.25) is 0 Å². The van der Waals surface area contributed by atoms with E-state index in [0.29, 0.717) is 10.7 Å². The standard InChI is InChI=1S/C7H9N2O3/c1-11-7-3-4-8-5-6(7)9(10)12-2/h3-5H,1-2H3/q+1. The van der Waals surface area contributed by atoms with Crippen molar-refractivity contribution in [3.8, 4) is 5.75 Å². The summed E-state index contributed by atoms with van der Waals surface area (Å²) in [7, 11) is 2.75. The van der Waals surface area contributed by atoms with E-state index in [1.165, 1.54) is 26.6 Å². The molecule has 0 aliphatic heterocycles. The molecule has 0 fully saturated rings. The van der Waals surface area contributed by atoms with E-state index < -0.39 is 0 Å².